The van der Waals surface area contributed by atoms with E-state index in [0.29, 0.717) is 5.69 Å². The third-order valence-electron chi connectivity index (χ3n) is 2.79. The Labute approximate surface area is 111 Å². The summed E-state index contributed by atoms with van der Waals surface area (Å²) >= 11 is 0. The van der Waals surface area contributed by atoms with E-state index in [-0.39, 0.29) is 16.3 Å². The largest absolute Gasteiger partial charge is 0.506 e. The number of phenolic OH excluding ortho intramolecular Hbond substituents is 1. The normalized spacial score (nSPS) is 11.5. The molecule has 0 fully saturated rings. The summed E-state index contributed by atoms with van der Waals surface area (Å²) in [6.07, 6.45) is 1.98. The monoisotopic (exact) mass is 281 g/mol. The second-order valence-corrected chi connectivity index (χ2v) is 5.82. The fourth-order valence-electron chi connectivity index (χ4n) is 1.70. The standard InChI is InChI=1S/C12H15N3O3S/c1-3-9-4-5-11(16)10(6-9)15-19(17,18)12-7-13-14-8(12)2/h4-7,15-16H,3H2,1-2H3,(H,13,14). The molecule has 0 saturated carbocycles. The molecule has 2 aromatic rings. The number of sulfonamides is 1. The Balaban J connectivity index is 2.38. The fourth-order valence-corrected chi connectivity index (χ4v) is 2.90. The first-order chi connectivity index (χ1) is 8.94. The minimum absolute atomic E-state index is 0.0637. The van der Waals surface area contributed by atoms with Crippen molar-refractivity contribution in [3.05, 3.63) is 35.7 Å². The lowest BCUT2D eigenvalue weighted by molar-refractivity contribution is 0.477. The maximum absolute atomic E-state index is 12.2. The highest BCUT2D eigenvalue weighted by Crippen LogP contribution is 2.27. The molecule has 0 saturated heterocycles. The smallest absolute Gasteiger partial charge is 0.265 e. The fraction of sp³-hybridized carbons (Fsp3) is 0.250. The third-order valence-corrected chi connectivity index (χ3v) is 4.27. The van der Waals surface area contributed by atoms with Gasteiger partial charge in [-0.3, -0.25) is 9.82 Å². The van der Waals surface area contributed by atoms with Gasteiger partial charge in [0.25, 0.3) is 10.0 Å². The minimum Gasteiger partial charge on any atom is -0.506 e. The SMILES string of the molecule is CCc1ccc(O)c(NS(=O)(=O)c2cn[nH]c2C)c1. The Kier molecular flexibility index (Phi) is 3.48. The van der Waals surface area contributed by atoms with E-state index in [1.165, 1.54) is 12.3 Å². The van der Waals surface area contributed by atoms with Gasteiger partial charge in [0.2, 0.25) is 0 Å². The number of nitrogens with one attached hydrogen (secondary N) is 2. The van der Waals surface area contributed by atoms with Crippen molar-refractivity contribution < 1.29 is 13.5 Å². The van der Waals surface area contributed by atoms with Gasteiger partial charge in [-0.1, -0.05) is 13.0 Å². The molecule has 1 aromatic heterocycles. The predicted molar refractivity (Wildman–Crippen MR) is 71.6 cm³/mol. The molecule has 6 nitrogen and oxygen atoms in total. The van der Waals surface area contributed by atoms with Crippen LogP contribution in [0.25, 0.3) is 0 Å². The van der Waals surface area contributed by atoms with Crippen molar-refractivity contribution in [3.8, 4) is 5.75 Å². The van der Waals surface area contributed by atoms with Crippen molar-refractivity contribution in [1.82, 2.24) is 10.2 Å². The van der Waals surface area contributed by atoms with Crippen LogP contribution < -0.4 is 4.72 Å². The number of aryl methyl sites for hydroxylation is 2. The summed E-state index contributed by atoms with van der Waals surface area (Å²) < 4.78 is 26.7. The number of hydrogen-bond acceptors (Lipinski definition) is 4. The number of nitrogens with zero attached hydrogens (tertiary/aromatic N) is 1. The molecule has 0 atom stereocenters. The van der Waals surface area contributed by atoms with Gasteiger partial charge in [0.1, 0.15) is 10.6 Å². The summed E-state index contributed by atoms with van der Waals surface area (Å²) in [6.45, 7) is 3.56. The number of rotatable bonds is 4. The molecule has 1 heterocycles. The van der Waals surface area contributed by atoms with Crippen LogP contribution in [0.4, 0.5) is 5.69 Å². The predicted octanol–water partition coefficient (Wildman–Crippen LogP) is 1.79. The van der Waals surface area contributed by atoms with Gasteiger partial charge >= 0.3 is 0 Å². The van der Waals surface area contributed by atoms with E-state index >= 15 is 0 Å². The van der Waals surface area contributed by atoms with E-state index in [2.05, 4.69) is 14.9 Å². The summed E-state index contributed by atoms with van der Waals surface area (Å²) in [5, 5.41) is 16.0. The van der Waals surface area contributed by atoms with Gasteiger partial charge in [0.15, 0.2) is 0 Å². The quantitative estimate of drug-likeness (QED) is 0.744. The van der Waals surface area contributed by atoms with Gasteiger partial charge < -0.3 is 5.11 Å². The van der Waals surface area contributed by atoms with Gasteiger partial charge in [0.05, 0.1) is 17.6 Å². The van der Waals surface area contributed by atoms with Crippen molar-refractivity contribution in [1.29, 1.82) is 0 Å². The van der Waals surface area contributed by atoms with E-state index in [1.807, 2.05) is 6.92 Å². The Morgan fingerprint density at radius 2 is 2.16 bits per heavy atom. The van der Waals surface area contributed by atoms with Gasteiger partial charge in [-0.25, -0.2) is 8.42 Å². The topological polar surface area (TPSA) is 95.1 Å². The average molecular weight is 281 g/mol. The highest BCUT2D eigenvalue weighted by molar-refractivity contribution is 7.92. The molecule has 0 bridgehead atoms. The molecule has 1 aromatic carbocycles. The molecule has 0 aliphatic carbocycles. The maximum Gasteiger partial charge on any atom is 0.265 e. The van der Waals surface area contributed by atoms with Crippen LogP contribution in [-0.4, -0.2) is 23.7 Å². The van der Waals surface area contributed by atoms with E-state index < -0.39 is 10.0 Å². The highest BCUT2D eigenvalue weighted by Gasteiger charge is 2.20. The zero-order valence-electron chi connectivity index (χ0n) is 10.6. The molecular formula is C12H15N3O3S. The second-order valence-electron chi connectivity index (χ2n) is 4.17. The maximum atomic E-state index is 12.2. The molecular weight excluding hydrogens is 266 g/mol. The van der Waals surface area contributed by atoms with E-state index in [1.54, 1.807) is 19.1 Å². The molecule has 0 aliphatic heterocycles. The number of aromatic hydroxyl groups is 1. The first-order valence-electron chi connectivity index (χ1n) is 5.78. The van der Waals surface area contributed by atoms with Crippen LogP contribution in [-0.2, 0) is 16.4 Å². The van der Waals surface area contributed by atoms with Crippen LogP contribution in [0.2, 0.25) is 0 Å². The summed E-state index contributed by atoms with van der Waals surface area (Å²) in [4.78, 5) is 0.0637. The van der Waals surface area contributed by atoms with Crippen molar-refractivity contribution in [2.24, 2.45) is 0 Å². The number of hydrogen-bond donors (Lipinski definition) is 3. The first-order valence-corrected chi connectivity index (χ1v) is 7.27. The number of benzene rings is 1. The summed E-state index contributed by atoms with van der Waals surface area (Å²) in [5.41, 5.74) is 1.54. The zero-order chi connectivity index (χ0) is 14.0. The van der Waals surface area contributed by atoms with E-state index in [0.717, 1.165) is 12.0 Å². The number of aromatic nitrogens is 2. The lowest BCUT2D eigenvalue weighted by Gasteiger charge is -2.10. The Morgan fingerprint density at radius 1 is 1.42 bits per heavy atom. The van der Waals surface area contributed by atoms with Gasteiger partial charge in [0, 0.05) is 0 Å². The lowest BCUT2D eigenvalue weighted by Crippen LogP contribution is -2.13. The van der Waals surface area contributed by atoms with Crippen molar-refractivity contribution >= 4 is 15.7 Å². The van der Waals surface area contributed by atoms with E-state index in [4.69, 9.17) is 0 Å². The van der Waals surface area contributed by atoms with Gasteiger partial charge in [-0.05, 0) is 31.0 Å². The van der Waals surface area contributed by atoms with Crippen molar-refractivity contribution in [3.63, 3.8) is 0 Å². The summed E-state index contributed by atoms with van der Waals surface area (Å²) in [5.74, 6) is -0.109. The molecule has 0 unspecified atom stereocenters. The van der Waals surface area contributed by atoms with Crippen LogP contribution in [0.5, 0.6) is 5.75 Å². The minimum atomic E-state index is -3.75. The number of phenols is 1. The first kappa shape index (κ1) is 13.4. The van der Waals surface area contributed by atoms with E-state index in [9.17, 15) is 13.5 Å². The van der Waals surface area contributed by atoms with Crippen LogP contribution in [0.1, 0.15) is 18.2 Å². The Hall–Kier alpha value is -2.02. The lowest BCUT2D eigenvalue weighted by atomic mass is 10.1. The molecule has 7 heteroatoms. The molecule has 19 heavy (non-hydrogen) atoms. The zero-order valence-corrected chi connectivity index (χ0v) is 11.5. The molecule has 102 valence electrons. The molecule has 0 spiro atoms. The van der Waals surface area contributed by atoms with Crippen LogP contribution in [0.15, 0.2) is 29.3 Å². The second kappa shape index (κ2) is 4.93. The number of H-pyrrole nitrogens is 1. The third kappa shape index (κ3) is 2.70. The molecule has 0 radical (unpaired) electrons. The Bertz CT molecular complexity index is 692. The highest BCUT2D eigenvalue weighted by atomic mass is 32.2. The van der Waals surface area contributed by atoms with Crippen molar-refractivity contribution in [2.45, 2.75) is 25.2 Å². The van der Waals surface area contributed by atoms with Crippen LogP contribution in [0, 0.1) is 6.92 Å². The van der Waals surface area contributed by atoms with Gasteiger partial charge in [-0.2, -0.15) is 5.10 Å². The number of aromatic amines is 1. The summed E-state index contributed by atoms with van der Waals surface area (Å²) in [7, 11) is -3.75. The average Bonchev–Trinajstić information content (AvgIpc) is 2.79. The molecule has 2 rings (SSSR count). The van der Waals surface area contributed by atoms with Crippen LogP contribution in [0.3, 0.4) is 0 Å². The molecule has 0 amide bonds. The Morgan fingerprint density at radius 3 is 2.74 bits per heavy atom. The summed E-state index contributed by atoms with van der Waals surface area (Å²) in [6, 6.07) is 4.83. The molecule has 3 N–H and O–H groups in total. The number of anilines is 1. The van der Waals surface area contributed by atoms with Gasteiger partial charge in [-0.15, -0.1) is 0 Å². The van der Waals surface area contributed by atoms with Crippen LogP contribution >= 0.6 is 0 Å². The van der Waals surface area contributed by atoms with Crippen molar-refractivity contribution in [2.75, 3.05) is 4.72 Å². The molecule has 0 aliphatic rings.